The molecule has 0 aromatic heterocycles. The van der Waals surface area contributed by atoms with Crippen molar-refractivity contribution in [1.29, 1.82) is 0 Å². The molecule has 160 valence electrons. The van der Waals surface area contributed by atoms with Gasteiger partial charge in [-0.3, -0.25) is 0 Å². The second kappa shape index (κ2) is 12.3. The van der Waals surface area contributed by atoms with Crippen LogP contribution < -0.4 is 19.5 Å². The first-order valence-corrected chi connectivity index (χ1v) is 10.0. The average molecular weight is 448 g/mol. The second-order valence-corrected chi connectivity index (χ2v) is 6.92. The zero-order chi connectivity index (χ0) is 20.5. The highest BCUT2D eigenvalue weighted by atomic mass is 35.5. The zero-order valence-corrected chi connectivity index (χ0v) is 18.8. The van der Waals surface area contributed by atoms with Crippen LogP contribution in [0.3, 0.4) is 0 Å². The number of rotatable bonds is 10. The van der Waals surface area contributed by atoms with Gasteiger partial charge in [-0.25, -0.2) is 0 Å². The van der Waals surface area contributed by atoms with Crippen molar-refractivity contribution in [2.24, 2.45) is 0 Å². The maximum Gasteiger partial charge on any atom is 0.161 e. The molecule has 0 spiro atoms. The Morgan fingerprint density at radius 3 is 2.27 bits per heavy atom. The van der Waals surface area contributed by atoms with Crippen LogP contribution in [0.15, 0.2) is 66.7 Å². The third-order valence-electron chi connectivity index (χ3n) is 4.49. The Kier molecular flexibility index (Phi) is 9.81. The number of methoxy groups -OCH3 is 1. The molecule has 0 fully saturated rings. The molecule has 0 saturated heterocycles. The van der Waals surface area contributed by atoms with E-state index in [2.05, 4.69) is 11.4 Å². The van der Waals surface area contributed by atoms with Crippen LogP contribution in [0.4, 0.5) is 0 Å². The molecule has 0 aliphatic rings. The van der Waals surface area contributed by atoms with Gasteiger partial charge < -0.3 is 19.5 Å². The summed E-state index contributed by atoms with van der Waals surface area (Å²) in [7, 11) is 1.69. The molecule has 0 saturated carbocycles. The van der Waals surface area contributed by atoms with Crippen LogP contribution in [0.2, 0.25) is 5.02 Å². The van der Waals surface area contributed by atoms with Crippen LogP contribution in [0.1, 0.15) is 23.6 Å². The molecule has 0 aliphatic carbocycles. The van der Waals surface area contributed by atoms with Crippen molar-refractivity contribution in [3.63, 3.8) is 0 Å². The number of ether oxygens (including phenoxy) is 3. The van der Waals surface area contributed by atoms with E-state index in [1.165, 1.54) is 0 Å². The van der Waals surface area contributed by atoms with E-state index in [0.29, 0.717) is 30.5 Å². The van der Waals surface area contributed by atoms with E-state index in [1.807, 2.05) is 67.6 Å². The lowest BCUT2D eigenvalue weighted by Gasteiger charge is -2.15. The minimum Gasteiger partial charge on any atom is -0.496 e. The predicted octanol–water partition coefficient (Wildman–Crippen LogP) is 6.04. The fraction of sp³-hybridized carbons (Fsp3) is 0.250. The van der Waals surface area contributed by atoms with Crippen molar-refractivity contribution in [1.82, 2.24) is 5.32 Å². The minimum absolute atomic E-state index is 0. The number of hydrogen-bond donors (Lipinski definition) is 1. The van der Waals surface area contributed by atoms with Crippen LogP contribution in [0, 0.1) is 0 Å². The number of hydrogen-bond acceptors (Lipinski definition) is 4. The number of benzene rings is 3. The van der Waals surface area contributed by atoms with E-state index in [4.69, 9.17) is 25.8 Å². The van der Waals surface area contributed by atoms with Crippen molar-refractivity contribution >= 4 is 24.0 Å². The summed E-state index contributed by atoms with van der Waals surface area (Å²) in [5.74, 6) is 2.33. The lowest BCUT2D eigenvalue weighted by atomic mass is 10.1. The second-order valence-electron chi connectivity index (χ2n) is 6.51. The highest BCUT2D eigenvalue weighted by Crippen LogP contribution is 2.30. The molecule has 4 nitrogen and oxygen atoms in total. The van der Waals surface area contributed by atoms with E-state index in [1.54, 1.807) is 7.11 Å². The first-order valence-electron chi connectivity index (χ1n) is 9.65. The normalized spacial score (nSPS) is 10.2. The van der Waals surface area contributed by atoms with E-state index < -0.39 is 0 Å². The highest BCUT2D eigenvalue weighted by molar-refractivity contribution is 6.31. The van der Waals surface area contributed by atoms with Crippen molar-refractivity contribution in [2.45, 2.75) is 26.6 Å². The monoisotopic (exact) mass is 447 g/mol. The molecule has 0 aliphatic heterocycles. The van der Waals surface area contributed by atoms with E-state index in [9.17, 15) is 0 Å². The van der Waals surface area contributed by atoms with Crippen LogP contribution in [0.5, 0.6) is 17.2 Å². The summed E-state index contributed by atoms with van der Waals surface area (Å²) in [6.45, 7) is 4.36. The van der Waals surface area contributed by atoms with Crippen molar-refractivity contribution in [3.05, 3.63) is 88.4 Å². The summed E-state index contributed by atoms with van der Waals surface area (Å²) in [4.78, 5) is 0. The van der Waals surface area contributed by atoms with E-state index in [-0.39, 0.29) is 12.4 Å². The van der Waals surface area contributed by atoms with Gasteiger partial charge in [-0.1, -0.05) is 54.1 Å². The van der Waals surface area contributed by atoms with Crippen LogP contribution in [-0.4, -0.2) is 13.7 Å². The molecule has 0 unspecified atom stereocenters. The molecule has 3 aromatic carbocycles. The highest BCUT2D eigenvalue weighted by Gasteiger charge is 2.09. The van der Waals surface area contributed by atoms with Crippen LogP contribution in [-0.2, 0) is 19.7 Å². The lowest BCUT2D eigenvalue weighted by molar-refractivity contribution is 0.269. The zero-order valence-electron chi connectivity index (χ0n) is 17.2. The maximum atomic E-state index is 6.22. The Morgan fingerprint density at radius 1 is 0.800 bits per heavy atom. The summed E-state index contributed by atoms with van der Waals surface area (Å²) in [6, 6.07) is 21.7. The first-order chi connectivity index (χ1) is 14.2. The number of nitrogens with one attached hydrogen (secondary N) is 1. The Morgan fingerprint density at radius 2 is 1.53 bits per heavy atom. The molecule has 1 N–H and O–H groups in total. The van der Waals surface area contributed by atoms with Gasteiger partial charge in [0.1, 0.15) is 12.4 Å². The lowest BCUT2D eigenvalue weighted by Crippen LogP contribution is -2.13. The standard InChI is InChI=1S/C24H26ClNO3.ClH/c1-3-28-24-14-18(15-26-16-19-8-5-7-11-22(19)27-2)12-13-23(24)29-17-20-9-4-6-10-21(20)25;/h4-14,26H,3,15-17H2,1-2H3;1H. The van der Waals surface area contributed by atoms with Crippen LogP contribution >= 0.6 is 24.0 Å². The maximum absolute atomic E-state index is 6.22. The van der Waals surface area contributed by atoms with Gasteiger partial charge in [0.25, 0.3) is 0 Å². The smallest absolute Gasteiger partial charge is 0.161 e. The van der Waals surface area contributed by atoms with Crippen molar-refractivity contribution in [2.75, 3.05) is 13.7 Å². The number of halogens is 2. The molecule has 3 rings (SSSR count). The quantitative estimate of drug-likeness (QED) is 0.411. The Bertz CT molecular complexity index is 934. The fourth-order valence-electron chi connectivity index (χ4n) is 3.01. The summed E-state index contributed by atoms with van der Waals surface area (Å²) in [5, 5.41) is 4.15. The third-order valence-corrected chi connectivity index (χ3v) is 4.85. The molecule has 0 bridgehead atoms. The van der Waals surface area contributed by atoms with Gasteiger partial charge in [-0.05, 0) is 36.8 Å². The van der Waals surface area contributed by atoms with Crippen molar-refractivity contribution in [3.8, 4) is 17.2 Å². The summed E-state index contributed by atoms with van der Waals surface area (Å²) in [6.07, 6.45) is 0. The van der Waals surface area contributed by atoms with Crippen molar-refractivity contribution < 1.29 is 14.2 Å². The van der Waals surface area contributed by atoms with Gasteiger partial charge in [0.15, 0.2) is 11.5 Å². The SMILES string of the molecule is CCOc1cc(CNCc2ccccc2OC)ccc1OCc1ccccc1Cl.Cl. The van der Waals surface area contributed by atoms with Gasteiger partial charge in [0.05, 0.1) is 13.7 Å². The predicted molar refractivity (Wildman–Crippen MR) is 124 cm³/mol. The van der Waals surface area contributed by atoms with E-state index >= 15 is 0 Å². The summed E-state index contributed by atoms with van der Waals surface area (Å²) >= 11 is 6.22. The molecular formula is C24H27Cl2NO3. The Labute approximate surface area is 189 Å². The van der Waals surface area contributed by atoms with Gasteiger partial charge in [-0.15, -0.1) is 12.4 Å². The Balaban J connectivity index is 0.00000320. The minimum atomic E-state index is 0. The van der Waals surface area contributed by atoms with Gasteiger partial charge in [-0.2, -0.15) is 0 Å². The molecule has 3 aromatic rings. The third kappa shape index (κ3) is 6.56. The van der Waals surface area contributed by atoms with Gasteiger partial charge in [0, 0.05) is 29.2 Å². The van der Waals surface area contributed by atoms with Crippen LogP contribution in [0.25, 0.3) is 0 Å². The molecule has 0 atom stereocenters. The molecular weight excluding hydrogens is 421 g/mol. The largest absolute Gasteiger partial charge is 0.496 e. The molecule has 0 radical (unpaired) electrons. The average Bonchev–Trinajstić information content (AvgIpc) is 2.75. The molecule has 0 amide bonds. The van der Waals surface area contributed by atoms with Gasteiger partial charge in [0.2, 0.25) is 0 Å². The summed E-state index contributed by atoms with van der Waals surface area (Å²) in [5.41, 5.74) is 3.19. The molecule has 30 heavy (non-hydrogen) atoms. The molecule has 0 heterocycles. The Hall–Kier alpha value is -2.40. The van der Waals surface area contributed by atoms with Gasteiger partial charge >= 0.3 is 0 Å². The molecule has 6 heteroatoms. The first kappa shape index (κ1) is 23.9. The van der Waals surface area contributed by atoms with E-state index in [0.717, 1.165) is 34.7 Å². The topological polar surface area (TPSA) is 39.7 Å². The number of para-hydroxylation sites is 1. The fourth-order valence-corrected chi connectivity index (χ4v) is 3.20. The summed E-state index contributed by atoms with van der Waals surface area (Å²) < 4.78 is 17.2.